The Kier molecular flexibility index (Phi) is 2.39. The van der Waals surface area contributed by atoms with Gasteiger partial charge in [0, 0.05) is 17.7 Å². The molecule has 0 spiro atoms. The van der Waals surface area contributed by atoms with E-state index in [1.165, 1.54) is 0 Å². The maximum Gasteiger partial charge on any atom is 0.198 e. The van der Waals surface area contributed by atoms with Crippen molar-refractivity contribution in [2.45, 2.75) is 26.7 Å². The van der Waals surface area contributed by atoms with Crippen molar-refractivity contribution in [2.75, 3.05) is 5.73 Å². The Labute approximate surface area is 89.3 Å². The molecule has 0 saturated carbocycles. The van der Waals surface area contributed by atoms with E-state index in [0.717, 1.165) is 17.0 Å². The van der Waals surface area contributed by atoms with Crippen LogP contribution in [0.25, 0.3) is 11.1 Å². The molecule has 0 amide bonds. The van der Waals surface area contributed by atoms with E-state index in [-0.39, 0.29) is 0 Å². The van der Waals surface area contributed by atoms with Gasteiger partial charge in [0.05, 0.1) is 0 Å². The Bertz CT molecular complexity index is 473. The predicted molar refractivity (Wildman–Crippen MR) is 61.7 cm³/mol. The Morgan fingerprint density at radius 2 is 2.00 bits per heavy atom. The maximum atomic E-state index is 5.68. The first kappa shape index (κ1) is 10.0. The Morgan fingerprint density at radius 1 is 1.27 bits per heavy atom. The zero-order chi connectivity index (χ0) is 11.0. The normalized spacial score (nSPS) is 13.6. The molecule has 0 fully saturated rings. The summed E-state index contributed by atoms with van der Waals surface area (Å²) in [6.07, 6.45) is 0. The quantitative estimate of drug-likeness (QED) is 0.764. The first-order chi connectivity index (χ1) is 7.08. The van der Waals surface area contributed by atoms with E-state index in [4.69, 9.17) is 10.2 Å². The van der Waals surface area contributed by atoms with Crippen LogP contribution in [-0.4, -0.2) is 4.98 Å². The lowest BCUT2D eigenvalue weighted by molar-refractivity contribution is 0.416. The molecule has 3 nitrogen and oxygen atoms in total. The van der Waals surface area contributed by atoms with Crippen molar-refractivity contribution >= 4 is 16.8 Å². The highest BCUT2D eigenvalue weighted by Crippen LogP contribution is 2.27. The predicted octanol–water partition coefficient (Wildman–Crippen LogP) is 3.17. The SMILES string of the molecule is CC(C)C(C)c1nc2ccc(N)cc2o1. The van der Waals surface area contributed by atoms with Crippen molar-refractivity contribution in [3.8, 4) is 0 Å². The molecule has 0 aliphatic carbocycles. The summed E-state index contributed by atoms with van der Waals surface area (Å²) in [5.41, 5.74) is 8.05. The van der Waals surface area contributed by atoms with E-state index in [9.17, 15) is 0 Å². The molecule has 2 rings (SSSR count). The molecule has 2 N–H and O–H groups in total. The molecule has 0 saturated heterocycles. The number of anilines is 1. The lowest BCUT2D eigenvalue weighted by Gasteiger charge is -2.09. The highest BCUT2D eigenvalue weighted by molar-refractivity contribution is 5.76. The van der Waals surface area contributed by atoms with E-state index in [2.05, 4.69) is 25.8 Å². The van der Waals surface area contributed by atoms with Gasteiger partial charge in [0.25, 0.3) is 0 Å². The van der Waals surface area contributed by atoms with Crippen LogP contribution in [0.15, 0.2) is 22.6 Å². The molecule has 1 aromatic heterocycles. The molecule has 2 aromatic rings. The summed E-state index contributed by atoms with van der Waals surface area (Å²) in [7, 11) is 0. The number of benzene rings is 1. The number of oxazole rings is 1. The largest absolute Gasteiger partial charge is 0.440 e. The average Bonchev–Trinajstić information content (AvgIpc) is 2.58. The van der Waals surface area contributed by atoms with Gasteiger partial charge in [-0.25, -0.2) is 4.98 Å². The van der Waals surface area contributed by atoms with Crippen molar-refractivity contribution in [1.82, 2.24) is 4.98 Å². The molecule has 1 heterocycles. The van der Waals surface area contributed by atoms with Gasteiger partial charge >= 0.3 is 0 Å². The standard InChI is InChI=1S/C12H16N2O/c1-7(2)8(3)12-14-10-5-4-9(13)6-11(10)15-12/h4-8H,13H2,1-3H3. The summed E-state index contributed by atoms with van der Waals surface area (Å²) in [5.74, 6) is 1.65. The Balaban J connectivity index is 2.47. The fourth-order valence-corrected chi connectivity index (χ4v) is 1.44. The van der Waals surface area contributed by atoms with E-state index >= 15 is 0 Å². The first-order valence-corrected chi connectivity index (χ1v) is 5.24. The molecule has 1 aromatic carbocycles. The van der Waals surface area contributed by atoms with Crippen molar-refractivity contribution in [3.63, 3.8) is 0 Å². The monoisotopic (exact) mass is 204 g/mol. The fourth-order valence-electron chi connectivity index (χ4n) is 1.44. The number of hydrogen-bond acceptors (Lipinski definition) is 3. The molecular formula is C12H16N2O. The van der Waals surface area contributed by atoms with E-state index in [1.54, 1.807) is 0 Å². The molecule has 80 valence electrons. The second kappa shape index (κ2) is 3.57. The van der Waals surface area contributed by atoms with E-state index in [0.29, 0.717) is 17.5 Å². The number of hydrogen-bond donors (Lipinski definition) is 1. The molecule has 0 radical (unpaired) electrons. The summed E-state index contributed by atoms with van der Waals surface area (Å²) in [6.45, 7) is 6.44. The number of nitrogens with two attached hydrogens (primary N) is 1. The van der Waals surface area contributed by atoms with Crippen molar-refractivity contribution < 1.29 is 4.42 Å². The summed E-state index contributed by atoms with van der Waals surface area (Å²) >= 11 is 0. The van der Waals surface area contributed by atoms with E-state index in [1.807, 2.05) is 18.2 Å². The lowest BCUT2D eigenvalue weighted by Crippen LogP contribution is -2.01. The highest BCUT2D eigenvalue weighted by atomic mass is 16.3. The van der Waals surface area contributed by atoms with Crippen LogP contribution in [0.3, 0.4) is 0 Å². The van der Waals surface area contributed by atoms with Crippen LogP contribution >= 0.6 is 0 Å². The van der Waals surface area contributed by atoms with Gasteiger partial charge in [-0.3, -0.25) is 0 Å². The van der Waals surface area contributed by atoms with Gasteiger partial charge in [-0.15, -0.1) is 0 Å². The van der Waals surface area contributed by atoms with Gasteiger partial charge in [0.2, 0.25) is 0 Å². The van der Waals surface area contributed by atoms with Gasteiger partial charge in [0.1, 0.15) is 5.52 Å². The van der Waals surface area contributed by atoms with E-state index < -0.39 is 0 Å². The van der Waals surface area contributed by atoms with Gasteiger partial charge in [0.15, 0.2) is 11.5 Å². The van der Waals surface area contributed by atoms with Gasteiger partial charge < -0.3 is 10.2 Å². The second-order valence-electron chi connectivity index (χ2n) is 4.31. The summed E-state index contributed by atoms with van der Waals surface area (Å²) in [5, 5.41) is 0. The number of fused-ring (bicyclic) bond motifs is 1. The molecule has 3 heteroatoms. The summed E-state index contributed by atoms with van der Waals surface area (Å²) in [6, 6.07) is 5.55. The first-order valence-electron chi connectivity index (χ1n) is 5.24. The lowest BCUT2D eigenvalue weighted by atomic mass is 9.98. The van der Waals surface area contributed by atoms with Gasteiger partial charge in [-0.05, 0) is 18.1 Å². The Hall–Kier alpha value is -1.51. The van der Waals surface area contributed by atoms with Crippen LogP contribution in [0.1, 0.15) is 32.6 Å². The van der Waals surface area contributed by atoms with Crippen molar-refractivity contribution in [1.29, 1.82) is 0 Å². The molecule has 0 bridgehead atoms. The smallest absolute Gasteiger partial charge is 0.198 e. The Morgan fingerprint density at radius 3 is 2.67 bits per heavy atom. The molecule has 15 heavy (non-hydrogen) atoms. The highest BCUT2D eigenvalue weighted by Gasteiger charge is 2.16. The molecule has 0 aliphatic rings. The summed E-state index contributed by atoms with van der Waals surface area (Å²) < 4.78 is 5.68. The average molecular weight is 204 g/mol. The zero-order valence-electron chi connectivity index (χ0n) is 9.32. The van der Waals surface area contributed by atoms with Crippen LogP contribution in [0, 0.1) is 5.92 Å². The third-order valence-electron chi connectivity index (χ3n) is 2.82. The molecule has 1 unspecified atom stereocenters. The third-order valence-corrected chi connectivity index (χ3v) is 2.82. The van der Waals surface area contributed by atoms with Gasteiger partial charge in [-0.1, -0.05) is 20.8 Å². The van der Waals surface area contributed by atoms with Crippen LogP contribution < -0.4 is 5.73 Å². The van der Waals surface area contributed by atoms with Gasteiger partial charge in [-0.2, -0.15) is 0 Å². The fraction of sp³-hybridized carbons (Fsp3) is 0.417. The number of rotatable bonds is 2. The number of nitrogens with zero attached hydrogens (tertiary/aromatic N) is 1. The molecular weight excluding hydrogens is 188 g/mol. The number of nitrogen functional groups attached to an aromatic ring is 1. The number of aromatic nitrogens is 1. The minimum Gasteiger partial charge on any atom is -0.440 e. The zero-order valence-corrected chi connectivity index (χ0v) is 9.32. The summed E-state index contributed by atoms with van der Waals surface area (Å²) in [4.78, 5) is 4.45. The van der Waals surface area contributed by atoms with Crippen LogP contribution in [-0.2, 0) is 0 Å². The minimum absolute atomic E-state index is 0.332. The second-order valence-corrected chi connectivity index (χ2v) is 4.31. The molecule has 0 aliphatic heterocycles. The van der Waals surface area contributed by atoms with Crippen LogP contribution in [0.4, 0.5) is 5.69 Å². The third kappa shape index (κ3) is 1.82. The van der Waals surface area contributed by atoms with Crippen LogP contribution in [0.5, 0.6) is 0 Å². The van der Waals surface area contributed by atoms with Crippen molar-refractivity contribution in [3.05, 3.63) is 24.1 Å². The minimum atomic E-state index is 0.332. The maximum absolute atomic E-state index is 5.68. The van der Waals surface area contributed by atoms with Crippen LogP contribution in [0.2, 0.25) is 0 Å². The topological polar surface area (TPSA) is 52.0 Å². The molecule has 1 atom stereocenters. The van der Waals surface area contributed by atoms with Crippen molar-refractivity contribution in [2.24, 2.45) is 5.92 Å².